The lowest BCUT2D eigenvalue weighted by molar-refractivity contribution is -0.116. The highest BCUT2D eigenvalue weighted by Gasteiger charge is 2.27. The van der Waals surface area contributed by atoms with Crippen molar-refractivity contribution in [2.75, 3.05) is 38.0 Å². The molecule has 0 bridgehead atoms. The van der Waals surface area contributed by atoms with Crippen molar-refractivity contribution < 1.29 is 4.79 Å². The van der Waals surface area contributed by atoms with Crippen LogP contribution >= 0.6 is 11.6 Å². The number of likely N-dealkylation sites (tertiary alicyclic amines) is 2. The van der Waals surface area contributed by atoms with Crippen LogP contribution in [-0.4, -0.2) is 54.5 Å². The number of hydrogen-bond acceptors (Lipinski definition) is 3. The highest BCUT2D eigenvalue weighted by atomic mass is 35.5. The Hall–Kier alpha value is -1.10. The molecule has 0 radical (unpaired) electrons. The van der Waals surface area contributed by atoms with Crippen LogP contribution in [0, 0.1) is 0 Å². The maximum Gasteiger partial charge on any atom is 0.225 e. The lowest BCUT2D eigenvalue weighted by atomic mass is 10.1. The van der Waals surface area contributed by atoms with E-state index in [1.165, 1.54) is 51.7 Å². The van der Waals surface area contributed by atoms with Crippen LogP contribution in [0.1, 0.15) is 38.5 Å². The number of para-hydroxylation sites is 1. The van der Waals surface area contributed by atoms with Gasteiger partial charge in [-0.05, 0) is 57.5 Å². The van der Waals surface area contributed by atoms with Crippen molar-refractivity contribution in [1.82, 2.24) is 9.80 Å². The highest BCUT2D eigenvalue weighted by molar-refractivity contribution is 6.33. The number of carbonyl (C=O) groups is 1. The average molecular weight is 350 g/mol. The number of piperidine rings is 1. The summed E-state index contributed by atoms with van der Waals surface area (Å²) in [7, 11) is 0. The van der Waals surface area contributed by atoms with E-state index in [1.54, 1.807) is 6.07 Å². The molecule has 1 aromatic carbocycles. The van der Waals surface area contributed by atoms with Gasteiger partial charge in [-0.1, -0.05) is 30.2 Å². The molecule has 5 heteroatoms. The lowest BCUT2D eigenvalue weighted by Crippen LogP contribution is -2.43. The SMILES string of the molecule is O=C(CCN1CCC[C@H]1CN1CCCCC1)Nc1ccccc1Cl. The van der Waals surface area contributed by atoms with Crippen molar-refractivity contribution in [3.63, 3.8) is 0 Å². The molecule has 0 saturated carbocycles. The van der Waals surface area contributed by atoms with Gasteiger partial charge in [-0.15, -0.1) is 0 Å². The Labute approximate surface area is 150 Å². The summed E-state index contributed by atoms with van der Waals surface area (Å²) in [5.74, 6) is 0.0479. The van der Waals surface area contributed by atoms with Crippen LogP contribution in [0.5, 0.6) is 0 Å². The molecule has 2 saturated heterocycles. The average Bonchev–Trinajstić information content (AvgIpc) is 3.03. The first-order valence-corrected chi connectivity index (χ1v) is 9.61. The second kappa shape index (κ2) is 8.84. The van der Waals surface area contributed by atoms with Gasteiger partial charge < -0.3 is 10.2 Å². The molecular weight excluding hydrogens is 322 g/mol. The smallest absolute Gasteiger partial charge is 0.225 e. The van der Waals surface area contributed by atoms with Crippen LogP contribution in [0.2, 0.25) is 5.02 Å². The first-order valence-electron chi connectivity index (χ1n) is 9.23. The van der Waals surface area contributed by atoms with E-state index in [0.717, 1.165) is 13.1 Å². The third-order valence-electron chi connectivity index (χ3n) is 5.19. The van der Waals surface area contributed by atoms with Gasteiger partial charge in [-0.2, -0.15) is 0 Å². The number of halogens is 1. The number of benzene rings is 1. The van der Waals surface area contributed by atoms with Crippen molar-refractivity contribution in [2.24, 2.45) is 0 Å². The molecule has 3 rings (SSSR count). The Morgan fingerprint density at radius 2 is 1.92 bits per heavy atom. The molecular formula is C19H28ClN3O. The Morgan fingerprint density at radius 3 is 2.71 bits per heavy atom. The molecule has 1 atom stereocenters. The molecule has 132 valence electrons. The van der Waals surface area contributed by atoms with E-state index in [9.17, 15) is 4.79 Å². The second-order valence-corrected chi connectivity index (χ2v) is 7.38. The number of hydrogen-bond donors (Lipinski definition) is 1. The molecule has 0 unspecified atom stereocenters. The number of anilines is 1. The lowest BCUT2D eigenvalue weighted by Gasteiger charge is -2.32. The van der Waals surface area contributed by atoms with Gasteiger partial charge in [0, 0.05) is 25.6 Å². The monoisotopic (exact) mass is 349 g/mol. The standard InChI is InChI=1S/C19H28ClN3O/c20-17-8-2-3-9-18(17)21-19(24)10-14-23-13-6-7-16(23)15-22-11-4-1-5-12-22/h2-3,8-9,16H,1,4-7,10-15H2,(H,21,24)/t16-/m0/s1. The van der Waals surface area contributed by atoms with Crippen molar-refractivity contribution in [2.45, 2.75) is 44.6 Å². The summed E-state index contributed by atoms with van der Waals surface area (Å²) in [5.41, 5.74) is 0.704. The predicted octanol–water partition coefficient (Wildman–Crippen LogP) is 3.62. The molecule has 1 aromatic rings. The summed E-state index contributed by atoms with van der Waals surface area (Å²) in [6.45, 7) is 5.63. The minimum atomic E-state index is 0.0479. The third kappa shape index (κ3) is 4.95. The molecule has 2 heterocycles. The van der Waals surface area contributed by atoms with Crippen LogP contribution in [0.3, 0.4) is 0 Å². The minimum Gasteiger partial charge on any atom is -0.325 e. The third-order valence-corrected chi connectivity index (χ3v) is 5.52. The van der Waals surface area contributed by atoms with Gasteiger partial charge in [0.2, 0.25) is 5.91 Å². The van der Waals surface area contributed by atoms with E-state index in [1.807, 2.05) is 18.2 Å². The number of rotatable bonds is 6. The maximum absolute atomic E-state index is 12.2. The van der Waals surface area contributed by atoms with Crippen LogP contribution in [0.4, 0.5) is 5.69 Å². The topological polar surface area (TPSA) is 35.6 Å². The molecule has 2 fully saturated rings. The van der Waals surface area contributed by atoms with E-state index < -0.39 is 0 Å². The highest BCUT2D eigenvalue weighted by Crippen LogP contribution is 2.22. The number of nitrogens with one attached hydrogen (secondary N) is 1. The molecule has 1 amide bonds. The normalized spacial score (nSPS) is 22.6. The fourth-order valence-electron chi connectivity index (χ4n) is 3.86. The fourth-order valence-corrected chi connectivity index (χ4v) is 4.04. The quantitative estimate of drug-likeness (QED) is 0.852. The van der Waals surface area contributed by atoms with Gasteiger partial charge in [0.25, 0.3) is 0 Å². The van der Waals surface area contributed by atoms with E-state index in [4.69, 9.17) is 11.6 Å². The molecule has 0 aliphatic carbocycles. The Morgan fingerprint density at radius 1 is 1.12 bits per heavy atom. The molecule has 0 spiro atoms. The molecule has 4 nitrogen and oxygen atoms in total. The van der Waals surface area contributed by atoms with Crippen molar-refractivity contribution in [1.29, 1.82) is 0 Å². The van der Waals surface area contributed by atoms with Crippen LogP contribution in [-0.2, 0) is 4.79 Å². The Balaban J connectivity index is 1.44. The van der Waals surface area contributed by atoms with E-state index in [0.29, 0.717) is 23.2 Å². The van der Waals surface area contributed by atoms with E-state index in [2.05, 4.69) is 15.1 Å². The molecule has 24 heavy (non-hydrogen) atoms. The first kappa shape index (κ1) is 17.7. The van der Waals surface area contributed by atoms with Gasteiger partial charge in [0.05, 0.1) is 10.7 Å². The van der Waals surface area contributed by atoms with Gasteiger partial charge >= 0.3 is 0 Å². The van der Waals surface area contributed by atoms with Gasteiger partial charge in [0.1, 0.15) is 0 Å². The van der Waals surface area contributed by atoms with Gasteiger partial charge in [-0.25, -0.2) is 0 Å². The molecule has 2 aliphatic rings. The largest absolute Gasteiger partial charge is 0.325 e. The van der Waals surface area contributed by atoms with Crippen molar-refractivity contribution >= 4 is 23.2 Å². The van der Waals surface area contributed by atoms with Gasteiger partial charge in [0.15, 0.2) is 0 Å². The molecule has 2 aliphatic heterocycles. The van der Waals surface area contributed by atoms with Crippen LogP contribution < -0.4 is 5.32 Å². The number of amides is 1. The zero-order valence-electron chi connectivity index (χ0n) is 14.3. The zero-order chi connectivity index (χ0) is 16.8. The summed E-state index contributed by atoms with van der Waals surface area (Å²) >= 11 is 6.10. The fraction of sp³-hybridized carbons (Fsp3) is 0.632. The molecule has 0 aromatic heterocycles. The van der Waals surface area contributed by atoms with E-state index >= 15 is 0 Å². The van der Waals surface area contributed by atoms with Crippen LogP contribution in [0.25, 0.3) is 0 Å². The zero-order valence-corrected chi connectivity index (χ0v) is 15.1. The number of nitrogens with zero attached hydrogens (tertiary/aromatic N) is 2. The van der Waals surface area contributed by atoms with Crippen molar-refractivity contribution in [3.8, 4) is 0 Å². The summed E-state index contributed by atoms with van der Waals surface area (Å²) in [6.07, 6.45) is 7.11. The Kier molecular flexibility index (Phi) is 6.52. The summed E-state index contributed by atoms with van der Waals surface area (Å²) in [4.78, 5) is 17.3. The summed E-state index contributed by atoms with van der Waals surface area (Å²) in [6, 6.07) is 8.02. The second-order valence-electron chi connectivity index (χ2n) is 6.97. The minimum absolute atomic E-state index is 0.0479. The van der Waals surface area contributed by atoms with Crippen molar-refractivity contribution in [3.05, 3.63) is 29.3 Å². The molecule has 1 N–H and O–H groups in total. The summed E-state index contributed by atoms with van der Waals surface area (Å²) < 4.78 is 0. The number of carbonyl (C=O) groups excluding carboxylic acids is 1. The van der Waals surface area contributed by atoms with Gasteiger partial charge in [-0.3, -0.25) is 9.69 Å². The first-order chi connectivity index (χ1) is 11.7. The van der Waals surface area contributed by atoms with Crippen LogP contribution in [0.15, 0.2) is 24.3 Å². The van der Waals surface area contributed by atoms with E-state index in [-0.39, 0.29) is 5.91 Å². The Bertz CT molecular complexity index is 545. The maximum atomic E-state index is 12.2. The predicted molar refractivity (Wildman–Crippen MR) is 99.6 cm³/mol. The summed E-state index contributed by atoms with van der Waals surface area (Å²) in [5, 5.41) is 3.51.